The number of hydrogen-bond acceptors (Lipinski definition) is 11. The summed E-state index contributed by atoms with van der Waals surface area (Å²) in [5, 5.41) is 29.0. The zero-order valence-corrected chi connectivity index (χ0v) is 28.7. The van der Waals surface area contributed by atoms with Gasteiger partial charge in [-0.2, -0.15) is 5.10 Å². The van der Waals surface area contributed by atoms with E-state index in [2.05, 4.69) is 43.8 Å². The number of urea groups is 1. The second-order valence-corrected chi connectivity index (χ2v) is 11.4. The van der Waals surface area contributed by atoms with Crippen LogP contribution >= 0.6 is 22.6 Å². The van der Waals surface area contributed by atoms with Crippen molar-refractivity contribution in [2.75, 3.05) is 27.4 Å². The molecule has 0 unspecified atom stereocenters. The Kier molecular flexibility index (Phi) is 12.5. The maximum atomic E-state index is 12.5. The standard InChI is InChI=1S/C33H35IN4O10/c1-5-46-25-14-22(29-28(32(42)45-4)18(2)36-33(43)37-29)10-11-24(25)47-17-27(39)38-35-15-20-12-23(34)30(26(13-20)44-3)48-16-19-6-8-21(9-7-19)31(40)41/h6-15,27,29,38-39H,5,16-17H2,1-4H3,(H,40,41)(H2,36,37,43)/b35-15-/t27-,29+/m0/s1. The van der Waals surface area contributed by atoms with Crippen LogP contribution in [0.5, 0.6) is 23.0 Å². The second kappa shape index (κ2) is 16.7. The molecule has 4 rings (SSSR count). The number of hydrazone groups is 1. The number of aromatic carboxylic acids is 1. The van der Waals surface area contributed by atoms with Gasteiger partial charge in [-0.1, -0.05) is 18.2 Å². The lowest BCUT2D eigenvalue weighted by Crippen LogP contribution is -2.45. The maximum absolute atomic E-state index is 12.5. The molecule has 1 aliphatic rings. The van der Waals surface area contributed by atoms with Crippen molar-refractivity contribution in [1.82, 2.24) is 16.1 Å². The van der Waals surface area contributed by atoms with Gasteiger partial charge in [-0.15, -0.1) is 0 Å². The number of carboxylic acids is 1. The summed E-state index contributed by atoms with van der Waals surface area (Å²) in [7, 11) is 2.78. The minimum atomic E-state index is -1.19. The normalized spacial score (nSPS) is 14.9. The van der Waals surface area contributed by atoms with Gasteiger partial charge in [0.1, 0.15) is 13.2 Å². The van der Waals surface area contributed by atoms with Crippen molar-refractivity contribution >= 4 is 46.8 Å². The van der Waals surface area contributed by atoms with E-state index in [0.717, 1.165) is 9.13 Å². The molecule has 14 nitrogen and oxygen atoms in total. The molecule has 15 heteroatoms. The first-order chi connectivity index (χ1) is 23.0. The Morgan fingerprint density at radius 3 is 2.46 bits per heavy atom. The van der Waals surface area contributed by atoms with Crippen molar-refractivity contribution in [1.29, 1.82) is 0 Å². The molecule has 0 aromatic heterocycles. The van der Waals surface area contributed by atoms with E-state index in [9.17, 15) is 19.5 Å². The van der Waals surface area contributed by atoms with E-state index in [1.54, 1.807) is 50.2 Å². The minimum Gasteiger partial charge on any atom is -0.493 e. The van der Waals surface area contributed by atoms with Crippen molar-refractivity contribution < 1.29 is 48.3 Å². The summed E-state index contributed by atoms with van der Waals surface area (Å²) in [6.45, 7) is 3.75. The van der Waals surface area contributed by atoms with Crippen LogP contribution in [0.2, 0.25) is 0 Å². The topological polar surface area (TPSA) is 186 Å². The van der Waals surface area contributed by atoms with Gasteiger partial charge in [0, 0.05) is 5.70 Å². The molecule has 0 saturated heterocycles. The highest BCUT2D eigenvalue weighted by Crippen LogP contribution is 2.36. The highest BCUT2D eigenvalue weighted by Gasteiger charge is 2.32. The molecule has 0 fully saturated rings. The van der Waals surface area contributed by atoms with Gasteiger partial charge in [0.15, 0.2) is 29.2 Å². The van der Waals surface area contributed by atoms with E-state index < -0.39 is 30.2 Å². The number of carbonyl (C=O) groups is 3. The number of nitrogens with zero attached hydrogens (tertiary/aromatic N) is 1. The number of carboxylic acid groups (broad SMARTS) is 1. The van der Waals surface area contributed by atoms with Gasteiger partial charge in [-0.25, -0.2) is 14.4 Å². The number of amides is 2. The van der Waals surface area contributed by atoms with E-state index in [0.29, 0.717) is 46.4 Å². The fourth-order valence-electron chi connectivity index (χ4n) is 4.67. The number of rotatable bonds is 15. The highest BCUT2D eigenvalue weighted by molar-refractivity contribution is 14.1. The summed E-state index contributed by atoms with van der Waals surface area (Å²) < 4.78 is 28.7. The molecule has 0 bridgehead atoms. The Balaban J connectivity index is 1.38. The summed E-state index contributed by atoms with van der Waals surface area (Å²) >= 11 is 2.12. The first-order valence-electron chi connectivity index (χ1n) is 14.6. The Morgan fingerprint density at radius 2 is 1.79 bits per heavy atom. The molecule has 254 valence electrons. The lowest BCUT2D eigenvalue weighted by molar-refractivity contribution is -0.136. The van der Waals surface area contributed by atoms with Crippen LogP contribution in [-0.4, -0.2) is 68.1 Å². The van der Waals surface area contributed by atoms with Crippen LogP contribution < -0.4 is 35.0 Å². The predicted octanol–water partition coefficient (Wildman–Crippen LogP) is 4.10. The predicted molar refractivity (Wildman–Crippen MR) is 182 cm³/mol. The Bertz CT molecular complexity index is 1710. The zero-order valence-electron chi connectivity index (χ0n) is 26.5. The average molecular weight is 775 g/mol. The SMILES string of the molecule is CCOc1cc([C@H]2NC(=O)NC(C)=C2C(=O)OC)ccc1OC[C@H](O)N/N=C\c1cc(I)c(OCc2ccc(C(=O)O)cc2)c(OC)c1. The third kappa shape index (κ3) is 9.07. The quantitative estimate of drug-likeness (QED) is 0.0493. The summed E-state index contributed by atoms with van der Waals surface area (Å²) in [5.41, 5.74) is 5.47. The van der Waals surface area contributed by atoms with Gasteiger partial charge >= 0.3 is 18.0 Å². The molecule has 1 heterocycles. The van der Waals surface area contributed by atoms with Crippen LogP contribution in [-0.2, 0) is 16.1 Å². The molecule has 1 aliphatic heterocycles. The number of nitrogens with one attached hydrogen (secondary N) is 3. The van der Waals surface area contributed by atoms with Gasteiger partial charge in [-0.3, -0.25) is 5.43 Å². The van der Waals surface area contributed by atoms with Crippen LogP contribution in [0.25, 0.3) is 0 Å². The Morgan fingerprint density at radius 1 is 1.04 bits per heavy atom. The van der Waals surface area contributed by atoms with Crippen LogP contribution in [0.15, 0.2) is 71.0 Å². The Labute approximate surface area is 290 Å². The van der Waals surface area contributed by atoms with Gasteiger partial charge in [0.05, 0.1) is 47.8 Å². The first kappa shape index (κ1) is 35.8. The zero-order chi connectivity index (χ0) is 34.8. The molecule has 0 radical (unpaired) electrons. The molecule has 3 aromatic rings. The fourth-order valence-corrected chi connectivity index (χ4v) is 5.45. The molecule has 2 atom stereocenters. The van der Waals surface area contributed by atoms with Crippen LogP contribution in [0, 0.1) is 3.57 Å². The van der Waals surface area contributed by atoms with Crippen molar-refractivity contribution in [2.45, 2.75) is 32.7 Å². The van der Waals surface area contributed by atoms with E-state index in [4.69, 9.17) is 28.8 Å². The molecular weight excluding hydrogens is 739 g/mol. The molecule has 0 saturated carbocycles. The third-order valence-corrected chi connectivity index (χ3v) is 7.75. The van der Waals surface area contributed by atoms with E-state index in [1.165, 1.54) is 32.6 Å². The minimum absolute atomic E-state index is 0.186. The molecule has 0 spiro atoms. The van der Waals surface area contributed by atoms with Crippen molar-refractivity contribution in [3.63, 3.8) is 0 Å². The maximum Gasteiger partial charge on any atom is 0.337 e. The number of aliphatic hydroxyl groups excluding tert-OH is 1. The number of hydrogen-bond donors (Lipinski definition) is 5. The van der Waals surface area contributed by atoms with Crippen LogP contribution in [0.4, 0.5) is 4.79 Å². The van der Waals surface area contributed by atoms with E-state index >= 15 is 0 Å². The monoisotopic (exact) mass is 774 g/mol. The van der Waals surface area contributed by atoms with Crippen LogP contribution in [0.1, 0.15) is 46.9 Å². The number of allylic oxidation sites excluding steroid dienone is 1. The number of methoxy groups -OCH3 is 2. The molecule has 3 aromatic carbocycles. The number of ether oxygens (including phenoxy) is 5. The number of carbonyl (C=O) groups excluding carboxylic acids is 2. The van der Waals surface area contributed by atoms with Gasteiger partial charge < -0.3 is 44.5 Å². The summed E-state index contributed by atoms with van der Waals surface area (Å²) in [6.07, 6.45) is 0.316. The van der Waals surface area contributed by atoms with E-state index in [-0.39, 0.29) is 24.4 Å². The van der Waals surface area contributed by atoms with Gasteiger partial charge in [-0.05, 0) is 89.5 Å². The molecular formula is C33H35IN4O10. The molecule has 2 amide bonds. The van der Waals surface area contributed by atoms with Crippen molar-refractivity contribution in [3.8, 4) is 23.0 Å². The number of aliphatic hydroxyl groups is 1. The first-order valence-corrected chi connectivity index (χ1v) is 15.7. The second-order valence-electron chi connectivity index (χ2n) is 10.2. The Hall–Kier alpha value is -5.03. The van der Waals surface area contributed by atoms with Crippen molar-refractivity contribution in [2.24, 2.45) is 5.10 Å². The third-order valence-electron chi connectivity index (χ3n) is 6.95. The fraction of sp³-hybridized carbons (Fsp3) is 0.273. The lowest BCUT2D eigenvalue weighted by Gasteiger charge is -2.28. The van der Waals surface area contributed by atoms with Crippen LogP contribution in [0.3, 0.4) is 0 Å². The van der Waals surface area contributed by atoms with Crippen molar-refractivity contribution in [3.05, 3.63) is 91.7 Å². The lowest BCUT2D eigenvalue weighted by atomic mass is 9.95. The number of benzene rings is 3. The summed E-state index contributed by atoms with van der Waals surface area (Å²) in [5.74, 6) is 0.0842. The molecule has 0 aliphatic carbocycles. The number of esters is 1. The van der Waals surface area contributed by atoms with Gasteiger partial charge in [0.25, 0.3) is 0 Å². The highest BCUT2D eigenvalue weighted by atomic mass is 127. The number of halogens is 1. The molecule has 48 heavy (non-hydrogen) atoms. The van der Waals surface area contributed by atoms with E-state index in [1.807, 2.05) is 6.07 Å². The average Bonchev–Trinajstić information content (AvgIpc) is 3.06. The molecule has 5 N–H and O–H groups in total. The summed E-state index contributed by atoms with van der Waals surface area (Å²) in [4.78, 5) is 35.7. The summed E-state index contributed by atoms with van der Waals surface area (Å²) in [6, 6.07) is 13.7. The van der Waals surface area contributed by atoms with Gasteiger partial charge in [0.2, 0.25) is 0 Å². The largest absolute Gasteiger partial charge is 0.493 e. The smallest absolute Gasteiger partial charge is 0.337 e.